The SMILES string of the molecule is COc1ccc2cc1Oc1cc(ccc1O)CCC(=O)N[C@@H]1CN(C(=O)Cn3ccnc3)C[C@@H]21. The lowest BCUT2D eigenvalue weighted by atomic mass is 9.93. The first-order chi connectivity index (χ1) is 16.5. The molecule has 0 unspecified atom stereocenters. The molecule has 2 amide bonds. The number of phenols is 1. The number of nitrogens with one attached hydrogen (secondary N) is 1. The van der Waals surface area contributed by atoms with Crippen molar-refractivity contribution in [3.8, 4) is 23.0 Å². The molecule has 1 aromatic heterocycles. The minimum atomic E-state index is -0.238. The Morgan fingerprint density at radius 2 is 2.09 bits per heavy atom. The van der Waals surface area contributed by atoms with Crippen LogP contribution in [0.25, 0.3) is 0 Å². The molecule has 2 N–H and O–H groups in total. The number of methoxy groups -OCH3 is 1. The molecule has 1 saturated heterocycles. The number of aromatic nitrogens is 2. The molecule has 0 saturated carbocycles. The highest BCUT2D eigenvalue weighted by Crippen LogP contribution is 2.40. The number of hydrogen-bond acceptors (Lipinski definition) is 6. The van der Waals surface area contributed by atoms with Gasteiger partial charge in [0.1, 0.15) is 6.54 Å². The average molecular weight is 463 g/mol. The number of rotatable bonds is 3. The van der Waals surface area contributed by atoms with Crippen molar-refractivity contribution in [3.05, 3.63) is 66.2 Å². The van der Waals surface area contributed by atoms with E-state index in [-0.39, 0.29) is 42.5 Å². The molecule has 5 rings (SSSR count). The van der Waals surface area contributed by atoms with Crippen molar-refractivity contribution in [3.63, 3.8) is 0 Å². The highest BCUT2D eigenvalue weighted by atomic mass is 16.5. The summed E-state index contributed by atoms with van der Waals surface area (Å²) in [4.78, 5) is 31.6. The van der Waals surface area contributed by atoms with Crippen molar-refractivity contribution < 1.29 is 24.2 Å². The predicted octanol–water partition coefficient (Wildman–Crippen LogP) is 2.45. The van der Waals surface area contributed by atoms with E-state index in [1.54, 1.807) is 59.6 Å². The highest BCUT2D eigenvalue weighted by Gasteiger charge is 2.37. The largest absolute Gasteiger partial charge is 0.504 e. The maximum atomic E-state index is 13.0. The van der Waals surface area contributed by atoms with E-state index >= 15 is 0 Å². The van der Waals surface area contributed by atoms with E-state index in [4.69, 9.17) is 9.47 Å². The smallest absolute Gasteiger partial charge is 0.242 e. The molecule has 0 spiro atoms. The lowest BCUT2D eigenvalue weighted by Crippen LogP contribution is -2.41. The zero-order valence-corrected chi connectivity index (χ0v) is 18.8. The molecule has 3 heterocycles. The Labute approximate surface area is 196 Å². The molecule has 0 radical (unpaired) electrons. The molecule has 176 valence electrons. The third-order valence-electron chi connectivity index (χ3n) is 6.40. The van der Waals surface area contributed by atoms with Gasteiger partial charge in [0.25, 0.3) is 0 Å². The highest BCUT2D eigenvalue weighted by molar-refractivity contribution is 5.79. The molecular weight excluding hydrogens is 436 g/mol. The summed E-state index contributed by atoms with van der Waals surface area (Å²) < 4.78 is 13.3. The van der Waals surface area contributed by atoms with Crippen molar-refractivity contribution in [2.24, 2.45) is 0 Å². The molecule has 0 aliphatic carbocycles. The third-order valence-corrected chi connectivity index (χ3v) is 6.40. The fourth-order valence-corrected chi connectivity index (χ4v) is 4.58. The minimum Gasteiger partial charge on any atom is -0.504 e. The molecule has 9 heteroatoms. The number of likely N-dealkylation sites (tertiary alicyclic amines) is 1. The lowest BCUT2D eigenvalue weighted by molar-refractivity contribution is -0.131. The van der Waals surface area contributed by atoms with Crippen LogP contribution in [0, 0.1) is 0 Å². The second-order valence-corrected chi connectivity index (χ2v) is 8.63. The van der Waals surface area contributed by atoms with E-state index in [1.807, 2.05) is 12.1 Å². The Kier molecular flexibility index (Phi) is 5.83. The first-order valence-electron chi connectivity index (χ1n) is 11.2. The van der Waals surface area contributed by atoms with Crippen molar-refractivity contribution >= 4 is 11.8 Å². The maximum absolute atomic E-state index is 13.0. The standard InChI is InChI=1S/C25H26N4O5/c1-33-21-6-4-17-11-23(21)34-22-10-16(2-5-20(22)30)3-7-24(31)27-19-13-29(12-18(17)19)25(32)14-28-9-8-26-15-28/h2,4-6,8-11,15,18-19,30H,3,7,12-14H2,1H3,(H,27,31)/t18-,19+/m0/s1. The lowest BCUT2D eigenvalue weighted by Gasteiger charge is -2.21. The summed E-state index contributed by atoms with van der Waals surface area (Å²) >= 11 is 0. The van der Waals surface area contributed by atoms with E-state index in [1.165, 1.54) is 0 Å². The van der Waals surface area contributed by atoms with Crippen LogP contribution in [0.5, 0.6) is 23.0 Å². The van der Waals surface area contributed by atoms with Gasteiger partial charge in [0, 0.05) is 37.8 Å². The second-order valence-electron chi connectivity index (χ2n) is 8.63. The van der Waals surface area contributed by atoms with Gasteiger partial charge >= 0.3 is 0 Å². The number of benzene rings is 2. The Bertz CT molecular complexity index is 1210. The Morgan fingerprint density at radius 1 is 1.21 bits per heavy atom. The van der Waals surface area contributed by atoms with Crippen molar-refractivity contribution in [2.45, 2.75) is 31.3 Å². The molecule has 4 bridgehead atoms. The molecule has 1 fully saturated rings. The van der Waals surface area contributed by atoms with Crippen LogP contribution in [0.1, 0.15) is 23.5 Å². The summed E-state index contributed by atoms with van der Waals surface area (Å²) in [6.07, 6.45) is 5.79. The molecule has 2 aromatic carbocycles. The van der Waals surface area contributed by atoms with Gasteiger partial charge in [-0.05, 0) is 41.8 Å². The topological polar surface area (TPSA) is 106 Å². The third kappa shape index (κ3) is 4.41. The molecule has 34 heavy (non-hydrogen) atoms. The summed E-state index contributed by atoms with van der Waals surface area (Å²) in [5.74, 6) is 1.04. The summed E-state index contributed by atoms with van der Waals surface area (Å²) in [7, 11) is 1.56. The number of nitrogens with zero attached hydrogens (tertiary/aromatic N) is 3. The second kappa shape index (κ2) is 9.09. The molecule has 2 atom stereocenters. The monoisotopic (exact) mass is 462 g/mol. The van der Waals surface area contributed by atoms with Crippen LogP contribution in [0.2, 0.25) is 0 Å². The minimum absolute atomic E-state index is 0.00514. The number of imidazole rings is 1. The molecule has 9 nitrogen and oxygen atoms in total. The Morgan fingerprint density at radius 3 is 2.88 bits per heavy atom. The van der Waals surface area contributed by atoms with Gasteiger partial charge in [-0.25, -0.2) is 4.98 Å². The number of fused-ring (bicyclic) bond motifs is 6. The average Bonchev–Trinajstić information content (AvgIpc) is 3.49. The van der Waals surface area contributed by atoms with Gasteiger partial charge in [-0.2, -0.15) is 0 Å². The van der Waals surface area contributed by atoms with Crippen molar-refractivity contribution in [2.75, 3.05) is 20.2 Å². The Balaban J connectivity index is 1.49. The predicted molar refractivity (Wildman–Crippen MR) is 123 cm³/mol. The van der Waals surface area contributed by atoms with Crippen molar-refractivity contribution in [1.82, 2.24) is 19.8 Å². The molecule has 2 aliphatic rings. The summed E-state index contributed by atoms with van der Waals surface area (Å²) in [6, 6.07) is 10.4. The Hall–Kier alpha value is -4.01. The molecule has 3 aromatic rings. The molecular formula is C25H26N4O5. The summed E-state index contributed by atoms with van der Waals surface area (Å²) in [5.41, 5.74) is 1.78. The first-order valence-corrected chi connectivity index (χ1v) is 11.2. The van der Waals surface area contributed by atoms with Crippen LogP contribution in [0.15, 0.2) is 55.1 Å². The van der Waals surface area contributed by atoms with Gasteiger partial charge in [0.05, 0.1) is 19.5 Å². The number of carbonyl (C=O) groups excluding carboxylic acids is 2. The molecule has 2 aliphatic heterocycles. The van der Waals surface area contributed by atoms with Gasteiger partial charge in [-0.3, -0.25) is 9.59 Å². The number of amides is 2. The van der Waals surface area contributed by atoms with Crippen LogP contribution in [0.4, 0.5) is 0 Å². The van der Waals surface area contributed by atoms with Crippen LogP contribution in [0.3, 0.4) is 0 Å². The van der Waals surface area contributed by atoms with Crippen LogP contribution < -0.4 is 14.8 Å². The summed E-state index contributed by atoms with van der Waals surface area (Å²) in [5, 5.41) is 13.5. The van der Waals surface area contributed by atoms with Crippen LogP contribution >= 0.6 is 0 Å². The number of ether oxygens (including phenoxy) is 2. The van der Waals surface area contributed by atoms with Gasteiger partial charge in [-0.15, -0.1) is 0 Å². The summed E-state index contributed by atoms with van der Waals surface area (Å²) in [6.45, 7) is 1.07. The fraction of sp³-hybridized carbons (Fsp3) is 0.320. The van der Waals surface area contributed by atoms with E-state index in [9.17, 15) is 14.7 Å². The van der Waals surface area contributed by atoms with Gasteiger partial charge in [0.15, 0.2) is 23.0 Å². The van der Waals surface area contributed by atoms with Crippen LogP contribution in [-0.2, 0) is 22.6 Å². The number of hydrogen-bond donors (Lipinski definition) is 2. The number of phenolic OH excluding ortho intramolecular Hbond substituents is 1. The number of aryl methyl sites for hydroxylation is 1. The van der Waals surface area contributed by atoms with E-state index in [2.05, 4.69) is 10.3 Å². The van der Waals surface area contributed by atoms with Gasteiger partial charge in [0.2, 0.25) is 11.8 Å². The maximum Gasteiger partial charge on any atom is 0.242 e. The normalized spacial score (nSPS) is 19.7. The fourth-order valence-electron chi connectivity index (χ4n) is 4.58. The van der Waals surface area contributed by atoms with Crippen molar-refractivity contribution in [1.29, 1.82) is 0 Å². The zero-order chi connectivity index (χ0) is 23.7. The van der Waals surface area contributed by atoms with Crippen LogP contribution in [-0.4, -0.2) is 57.6 Å². The van der Waals surface area contributed by atoms with Gasteiger partial charge < -0.3 is 29.4 Å². The van der Waals surface area contributed by atoms with Gasteiger partial charge in [-0.1, -0.05) is 12.1 Å². The number of carbonyl (C=O) groups is 2. The quantitative estimate of drug-likeness (QED) is 0.619. The first kappa shape index (κ1) is 21.8. The van der Waals surface area contributed by atoms with E-state index in [0.717, 1.165) is 11.1 Å². The number of aromatic hydroxyl groups is 1. The van der Waals surface area contributed by atoms with E-state index in [0.29, 0.717) is 36.8 Å². The van der Waals surface area contributed by atoms with E-state index < -0.39 is 0 Å². The zero-order valence-electron chi connectivity index (χ0n) is 18.8.